The van der Waals surface area contributed by atoms with Crippen LogP contribution in [0, 0.1) is 0 Å². The van der Waals surface area contributed by atoms with Gasteiger partial charge in [0.1, 0.15) is 13.2 Å². The summed E-state index contributed by atoms with van der Waals surface area (Å²) in [5.41, 5.74) is 0. The fraction of sp³-hybridized carbons (Fsp3) is 0.843. The Hall–Kier alpha value is -1.80. The largest absolute Gasteiger partial charge is 0.756 e. The minimum Gasteiger partial charge on any atom is -0.756 e. The summed E-state index contributed by atoms with van der Waals surface area (Å²) in [5.74, 6) is -0.160. The molecule has 0 rings (SSSR count). The first-order valence-electron chi connectivity index (χ1n) is 34.1. The van der Waals surface area contributed by atoms with Gasteiger partial charge in [0.15, 0.2) is 0 Å². The zero-order chi connectivity index (χ0) is 57.7. The lowest BCUT2D eigenvalue weighted by Gasteiger charge is -2.30. The molecule has 2 N–H and O–H groups in total. The molecule has 0 radical (unpaired) electrons. The summed E-state index contributed by atoms with van der Waals surface area (Å²) in [4.78, 5) is 25.7. The summed E-state index contributed by atoms with van der Waals surface area (Å²) in [7, 11) is 1.32. The number of likely N-dealkylation sites (N-methyl/N-ethyl adjacent to an activating group) is 1. The van der Waals surface area contributed by atoms with Crippen LogP contribution in [0.3, 0.4) is 0 Å². The van der Waals surface area contributed by atoms with Gasteiger partial charge in [-0.25, -0.2) is 0 Å². The molecule has 0 aliphatic rings. The van der Waals surface area contributed by atoms with E-state index in [2.05, 4.69) is 79.9 Å². The van der Waals surface area contributed by atoms with Crippen molar-refractivity contribution in [3.8, 4) is 0 Å². The number of allylic oxidation sites excluding steroid dienone is 10. The van der Waals surface area contributed by atoms with Crippen LogP contribution in [0.2, 0.25) is 0 Å². The molecule has 0 heterocycles. The molecule has 9 heteroatoms. The summed E-state index contributed by atoms with van der Waals surface area (Å²) in [5, 5.41) is 14.1. The van der Waals surface area contributed by atoms with Crippen molar-refractivity contribution < 1.29 is 32.9 Å². The molecule has 0 spiro atoms. The van der Waals surface area contributed by atoms with Crippen LogP contribution in [0.15, 0.2) is 60.8 Å². The van der Waals surface area contributed by atoms with Crippen molar-refractivity contribution in [3.05, 3.63) is 60.8 Å². The number of phosphoric acid groups is 1. The summed E-state index contributed by atoms with van der Waals surface area (Å²) >= 11 is 0. The minimum atomic E-state index is -4.58. The van der Waals surface area contributed by atoms with Gasteiger partial charge < -0.3 is 28.8 Å². The Bertz CT molecular complexity index is 1470. The number of rotatable bonds is 63. The lowest BCUT2D eigenvalue weighted by Crippen LogP contribution is -2.46. The van der Waals surface area contributed by atoms with E-state index >= 15 is 0 Å². The Morgan fingerprint density at radius 2 is 0.772 bits per heavy atom. The molecule has 3 atom stereocenters. The average molecular weight is 1130 g/mol. The minimum absolute atomic E-state index is 0.0126. The molecule has 8 nitrogen and oxygen atoms in total. The molecule has 0 saturated carbocycles. The van der Waals surface area contributed by atoms with Crippen molar-refractivity contribution in [2.75, 3.05) is 40.9 Å². The number of unbranched alkanes of at least 4 members (excludes halogenated alkanes) is 40. The van der Waals surface area contributed by atoms with Crippen LogP contribution in [0.25, 0.3) is 0 Å². The molecule has 1 amide bonds. The SMILES string of the molecule is CC/C=C\C/C=C\C/C=C\C/C=C\C/C=C\CCCCCCCCCCCCCCCCCCCC(=O)NC(COP(=O)([O-])OCC[N+](C)(C)C)C(O)CCCCCCCCCCCCCCCCCCCCCCCCCC. The number of hydrogen-bond donors (Lipinski definition) is 2. The van der Waals surface area contributed by atoms with Gasteiger partial charge in [-0.2, -0.15) is 0 Å². The first-order valence-corrected chi connectivity index (χ1v) is 35.6. The van der Waals surface area contributed by atoms with E-state index in [0.29, 0.717) is 23.9 Å². The highest BCUT2D eigenvalue weighted by molar-refractivity contribution is 7.45. The van der Waals surface area contributed by atoms with E-state index in [1.54, 1.807) is 0 Å². The first-order chi connectivity index (χ1) is 38.5. The number of quaternary nitrogens is 1. The van der Waals surface area contributed by atoms with Crippen molar-refractivity contribution in [1.29, 1.82) is 0 Å². The number of hydrogen-bond acceptors (Lipinski definition) is 6. The second-order valence-corrected chi connectivity index (χ2v) is 25.9. The van der Waals surface area contributed by atoms with Crippen molar-refractivity contribution in [3.63, 3.8) is 0 Å². The summed E-state index contributed by atoms with van der Waals surface area (Å²) in [6.07, 6.45) is 82.9. The molecule has 0 fully saturated rings. The molecule has 0 aliphatic carbocycles. The van der Waals surface area contributed by atoms with Crippen LogP contribution < -0.4 is 10.2 Å². The zero-order valence-corrected chi connectivity index (χ0v) is 54.0. The highest BCUT2D eigenvalue weighted by atomic mass is 31.2. The number of phosphoric ester groups is 1. The molecule has 0 aromatic heterocycles. The third-order valence-electron chi connectivity index (χ3n) is 15.5. The van der Waals surface area contributed by atoms with Gasteiger partial charge in [0.05, 0.1) is 39.9 Å². The number of carbonyl (C=O) groups is 1. The predicted molar refractivity (Wildman–Crippen MR) is 344 cm³/mol. The standard InChI is InChI=1S/C70H133N2O6P/c1-6-8-10-12-14-16-18-20-22-24-26-28-30-32-33-34-35-36-37-38-39-40-42-44-46-48-50-52-54-56-58-60-62-64-70(74)71-68(67-78-79(75,76)77-66-65-72(3,4)5)69(73)63-61-59-57-55-53-51-49-47-45-43-41-31-29-27-25-23-21-19-17-15-13-11-9-7-2/h8,10,14,16,20,22,26,28,32-33,68-69,73H,6-7,9,11-13,15,17-19,21,23-25,27,29-31,34-67H2,1-5H3,(H-,71,74,75,76)/b10-8-,16-14-,22-20-,28-26-,33-32-. The molecule has 79 heavy (non-hydrogen) atoms. The summed E-state index contributed by atoms with van der Waals surface area (Å²) < 4.78 is 23.5. The lowest BCUT2D eigenvalue weighted by molar-refractivity contribution is -0.870. The topological polar surface area (TPSA) is 108 Å². The number of amides is 1. The van der Waals surface area contributed by atoms with Crippen molar-refractivity contribution >= 4 is 13.7 Å². The van der Waals surface area contributed by atoms with Gasteiger partial charge in [0, 0.05) is 6.42 Å². The fourth-order valence-corrected chi connectivity index (χ4v) is 11.0. The number of nitrogens with one attached hydrogen (secondary N) is 1. The maximum absolute atomic E-state index is 13.1. The Morgan fingerprint density at radius 3 is 1.13 bits per heavy atom. The molecular weight excluding hydrogens is 996 g/mol. The van der Waals surface area contributed by atoms with Gasteiger partial charge in [0.25, 0.3) is 7.82 Å². The van der Waals surface area contributed by atoms with Crippen molar-refractivity contribution in [2.24, 2.45) is 0 Å². The number of aliphatic hydroxyl groups excluding tert-OH is 1. The van der Waals surface area contributed by atoms with Crippen LogP contribution in [0.5, 0.6) is 0 Å². The van der Waals surface area contributed by atoms with Gasteiger partial charge >= 0.3 is 0 Å². The van der Waals surface area contributed by atoms with Gasteiger partial charge in [0.2, 0.25) is 5.91 Å². The van der Waals surface area contributed by atoms with Crippen molar-refractivity contribution in [2.45, 2.75) is 341 Å². The average Bonchev–Trinajstić information content (AvgIpc) is 3.42. The molecule has 0 aromatic rings. The normalized spacial score (nSPS) is 14.1. The highest BCUT2D eigenvalue weighted by Crippen LogP contribution is 2.38. The van der Waals surface area contributed by atoms with Crippen LogP contribution >= 0.6 is 7.82 Å². The third kappa shape index (κ3) is 63.6. The Labute approximate surface area is 492 Å². The smallest absolute Gasteiger partial charge is 0.268 e. The molecule has 0 bridgehead atoms. The molecule has 3 unspecified atom stereocenters. The quantitative estimate of drug-likeness (QED) is 0.0272. The third-order valence-corrected chi connectivity index (χ3v) is 16.5. The van der Waals surface area contributed by atoms with E-state index in [1.165, 1.54) is 231 Å². The molecule has 0 saturated heterocycles. The number of nitrogens with zero attached hydrogens (tertiary/aromatic N) is 1. The van der Waals surface area contributed by atoms with E-state index < -0.39 is 20.0 Å². The van der Waals surface area contributed by atoms with Gasteiger partial charge in [-0.1, -0.05) is 325 Å². The Balaban J connectivity index is 4.03. The Kier molecular flexibility index (Phi) is 59.4. The van der Waals surface area contributed by atoms with E-state index in [1.807, 2.05) is 21.1 Å². The highest BCUT2D eigenvalue weighted by Gasteiger charge is 2.24. The van der Waals surface area contributed by atoms with Crippen LogP contribution in [-0.2, 0) is 18.4 Å². The van der Waals surface area contributed by atoms with E-state index in [4.69, 9.17) is 9.05 Å². The zero-order valence-electron chi connectivity index (χ0n) is 53.1. The molecule has 464 valence electrons. The maximum atomic E-state index is 13.1. The number of aliphatic hydroxyl groups is 1. The van der Waals surface area contributed by atoms with Crippen LogP contribution in [0.4, 0.5) is 0 Å². The molecule has 0 aromatic carbocycles. The van der Waals surface area contributed by atoms with Crippen LogP contribution in [0.1, 0.15) is 328 Å². The Morgan fingerprint density at radius 1 is 0.456 bits per heavy atom. The lowest BCUT2D eigenvalue weighted by atomic mass is 10.0. The second kappa shape index (κ2) is 60.8. The molecule has 0 aliphatic heterocycles. The summed E-state index contributed by atoms with van der Waals surface area (Å²) in [6.45, 7) is 4.65. The predicted octanol–water partition coefficient (Wildman–Crippen LogP) is 21.0. The fourth-order valence-electron chi connectivity index (χ4n) is 10.2. The van der Waals surface area contributed by atoms with Crippen molar-refractivity contribution in [1.82, 2.24) is 5.32 Å². The molecular formula is C70H133N2O6P. The van der Waals surface area contributed by atoms with Gasteiger partial charge in [-0.3, -0.25) is 9.36 Å². The second-order valence-electron chi connectivity index (χ2n) is 24.5. The number of carbonyl (C=O) groups excluding carboxylic acids is 1. The van der Waals surface area contributed by atoms with E-state index in [0.717, 1.165) is 70.6 Å². The van der Waals surface area contributed by atoms with Gasteiger partial charge in [-0.15, -0.1) is 0 Å². The summed E-state index contributed by atoms with van der Waals surface area (Å²) in [6, 6.07) is -0.803. The van der Waals surface area contributed by atoms with Gasteiger partial charge in [-0.05, 0) is 57.8 Å². The maximum Gasteiger partial charge on any atom is 0.268 e. The van der Waals surface area contributed by atoms with E-state index in [9.17, 15) is 19.4 Å². The van der Waals surface area contributed by atoms with Crippen LogP contribution in [-0.4, -0.2) is 68.5 Å². The first kappa shape index (κ1) is 77.2. The monoisotopic (exact) mass is 1130 g/mol. The van der Waals surface area contributed by atoms with E-state index in [-0.39, 0.29) is 19.1 Å².